The number of unbranched alkanes of at least 4 members (excludes halogenated alkanes) is 22. The molecule has 0 amide bonds. The van der Waals surface area contributed by atoms with Crippen LogP contribution in [0.15, 0.2) is 0 Å². The Kier molecular flexibility index (Phi) is 38.7. The highest BCUT2D eigenvalue weighted by Crippen LogP contribution is 2.29. The Labute approximate surface area is 401 Å². The van der Waals surface area contributed by atoms with Crippen LogP contribution < -0.4 is 0 Å². The van der Waals surface area contributed by atoms with Crippen molar-refractivity contribution in [2.45, 2.75) is 168 Å². The minimum absolute atomic E-state index is 0.150. The fraction of sp³-hybridized carbons (Fsp3) is 1.00. The lowest BCUT2D eigenvalue weighted by Crippen LogP contribution is -2.48. The lowest BCUT2D eigenvalue weighted by atomic mass is 9.90. The first-order valence-corrected chi connectivity index (χ1v) is 29.2. The molecule has 0 radical (unpaired) electrons. The molecule has 0 fully saturated rings. The van der Waals surface area contributed by atoms with E-state index in [1.807, 2.05) is 0 Å². The van der Waals surface area contributed by atoms with Gasteiger partial charge in [-0.1, -0.05) is 155 Å². The van der Waals surface area contributed by atoms with Crippen molar-refractivity contribution in [2.75, 3.05) is 112 Å². The molecule has 0 aromatic carbocycles. The summed E-state index contributed by atoms with van der Waals surface area (Å²) in [7, 11) is -10.1. The van der Waals surface area contributed by atoms with Gasteiger partial charge >= 0.3 is 10.4 Å². The lowest BCUT2D eigenvalue weighted by Gasteiger charge is -2.37. The van der Waals surface area contributed by atoms with E-state index < -0.39 is 78.2 Å². The Morgan fingerprint density at radius 1 is 0.333 bits per heavy atom. The van der Waals surface area contributed by atoms with Gasteiger partial charge in [-0.3, -0.25) is 13.7 Å². The van der Waals surface area contributed by atoms with E-state index in [1.165, 1.54) is 124 Å². The van der Waals surface area contributed by atoms with E-state index in [2.05, 4.69) is 13.8 Å². The highest BCUT2D eigenvalue weighted by Gasteiger charge is 2.41. The molecule has 2 atom stereocenters. The van der Waals surface area contributed by atoms with E-state index in [1.54, 1.807) is 0 Å². The Hall–Kier alpha value is -0.590. The van der Waals surface area contributed by atoms with Crippen molar-refractivity contribution in [2.24, 2.45) is 16.2 Å². The van der Waals surface area contributed by atoms with Crippen molar-refractivity contribution in [3.05, 3.63) is 0 Å². The molecule has 0 saturated heterocycles. The third-order valence-corrected chi connectivity index (χ3v) is 13.9. The van der Waals surface area contributed by atoms with Crippen molar-refractivity contribution in [1.29, 1.82) is 0 Å². The van der Waals surface area contributed by atoms with E-state index in [0.717, 1.165) is 51.4 Å². The van der Waals surface area contributed by atoms with Crippen LogP contribution in [0.4, 0.5) is 0 Å². The average Bonchev–Trinajstić information content (AvgIpc) is 3.22. The molecule has 20 heteroatoms. The number of hydrogen-bond acceptors (Lipinski definition) is 14. The fourth-order valence-corrected chi connectivity index (χ4v) is 10.7. The largest absolute Gasteiger partial charge is 0.397 e. The van der Waals surface area contributed by atoms with Crippen LogP contribution in [0.2, 0.25) is 0 Å². The molecule has 3 N–H and O–H groups in total. The fourth-order valence-electron chi connectivity index (χ4n) is 8.28. The molecule has 0 saturated carbocycles. The molecule has 0 aromatic rings. The minimum Gasteiger partial charge on any atom is -0.384 e. The zero-order valence-electron chi connectivity index (χ0n) is 41.7. The molecule has 0 aliphatic heterocycles. The van der Waals surface area contributed by atoms with Crippen LogP contribution in [0.25, 0.3) is 0 Å². The highest BCUT2D eigenvalue weighted by atomic mass is 32.3. The molecule has 0 aliphatic carbocycles. The Morgan fingerprint density at radius 2 is 0.591 bits per heavy atom. The predicted octanol–water partition coefficient (Wildman–Crippen LogP) is 8.95. The summed E-state index contributed by atoms with van der Waals surface area (Å²) in [5.41, 5.74) is -4.28. The van der Waals surface area contributed by atoms with Gasteiger partial charge in [-0.25, -0.2) is 4.18 Å². The second-order valence-corrected chi connectivity index (χ2v) is 22.8. The molecule has 0 aromatic heterocycles. The summed E-state index contributed by atoms with van der Waals surface area (Å²) in [6, 6.07) is 0. The minimum atomic E-state index is -4.98. The standard InChI is InChI=1S/C46H94O17S3/c1-6-8-10-12-14-16-18-20-22-24-26-28-30-59-37-45(33-57-4,42-64(47,48)49)39-61-35-44(32-56-3,41-63-66(53,54)55)36-62-40-46(34-58-5,43-65(50,51)52)38-60-31-29-27-25-23-21-19-17-15-13-11-9-7-2/h6-43H2,1-5H3,(H,47,48,49)(H,50,51,52)(H,53,54,55). The Bertz CT molecular complexity index is 1380. The molecule has 0 rings (SSSR count). The van der Waals surface area contributed by atoms with Gasteiger partial charge in [-0.05, 0) is 12.8 Å². The molecule has 17 nitrogen and oxygen atoms in total. The SMILES string of the molecule is CCCCCCCCCCCCCCOCC(COC)(COCC(COC)(COCC(COC)(COCCCCCCCCCCCCCC)CS(=O)(=O)O)COS(=O)(=O)O)CS(=O)(=O)O. The normalized spacial score (nSPS) is 15.5. The van der Waals surface area contributed by atoms with Gasteiger partial charge in [0.1, 0.15) is 0 Å². The van der Waals surface area contributed by atoms with Crippen molar-refractivity contribution in [3.63, 3.8) is 0 Å². The Balaban J connectivity index is 5.67. The van der Waals surface area contributed by atoms with Gasteiger partial charge in [0.15, 0.2) is 0 Å². The predicted molar refractivity (Wildman–Crippen MR) is 259 cm³/mol. The zero-order chi connectivity index (χ0) is 49.5. The summed E-state index contributed by atoms with van der Waals surface area (Å²) in [6.07, 6.45) is 28.0. The maximum Gasteiger partial charge on any atom is 0.397 e. The van der Waals surface area contributed by atoms with E-state index in [4.69, 9.17) is 37.3 Å². The molecular weight excluding hydrogens is 921 g/mol. The van der Waals surface area contributed by atoms with Crippen LogP contribution in [0.3, 0.4) is 0 Å². The smallest absolute Gasteiger partial charge is 0.384 e. The average molecular weight is 1020 g/mol. The van der Waals surface area contributed by atoms with Crippen molar-refractivity contribution >= 4 is 30.6 Å². The zero-order valence-corrected chi connectivity index (χ0v) is 44.1. The molecule has 0 spiro atoms. The van der Waals surface area contributed by atoms with E-state index in [9.17, 15) is 38.9 Å². The van der Waals surface area contributed by atoms with Crippen LogP contribution in [-0.4, -0.2) is 151 Å². The van der Waals surface area contributed by atoms with Gasteiger partial charge in [0.2, 0.25) is 0 Å². The summed E-state index contributed by atoms with van der Waals surface area (Å²) in [6.45, 7) is 1.97. The molecule has 2 unspecified atom stereocenters. The number of rotatable bonds is 51. The van der Waals surface area contributed by atoms with E-state index in [-0.39, 0.29) is 46.2 Å². The third-order valence-electron chi connectivity index (χ3n) is 11.6. The van der Waals surface area contributed by atoms with Crippen LogP contribution in [-0.2, 0) is 68.0 Å². The first-order chi connectivity index (χ1) is 31.3. The van der Waals surface area contributed by atoms with Gasteiger partial charge in [0.05, 0.1) is 93.8 Å². The van der Waals surface area contributed by atoms with Crippen molar-refractivity contribution in [3.8, 4) is 0 Å². The Morgan fingerprint density at radius 3 is 0.864 bits per heavy atom. The topological polar surface area (TPSA) is 237 Å². The van der Waals surface area contributed by atoms with Gasteiger partial charge < -0.3 is 33.2 Å². The molecule has 0 bridgehead atoms. The van der Waals surface area contributed by atoms with Crippen LogP contribution in [0.1, 0.15) is 168 Å². The quantitative estimate of drug-likeness (QED) is 0.0381. The van der Waals surface area contributed by atoms with Gasteiger partial charge in [0.25, 0.3) is 20.2 Å². The van der Waals surface area contributed by atoms with Gasteiger partial charge in [-0.15, -0.1) is 0 Å². The van der Waals surface area contributed by atoms with Gasteiger partial charge in [-0.2, -0.15) is 25.3 Å². The second-order valence-electron chi connectivity index (χ2n) is 18.8. The molecule has 0 heterocycles. The van der Waals surface area contributed by atoms with E-state index in [0.29, 0.717) is 13.2 Å². The lowest BCUT2D eigenvalue weighted by molar-refractivity contribution is -0.122. The first kappa shape index (κ1) is 65.4. The summed E-state index contributed by atoms with van der Waals surface area (Å²) in [5, 5.41) is 0. The van der Waals surface area contributed by atoms with Crippen molar-refractivity contribution < 1.29 is 76.3 Å². The van der Waals surface area contributed by atoms with Gasteiger partial charge in [0, 0.05) is 34.5 Å². The number of ether oxygens (including phenoxy) is 7. The highest BCUT2D eigenvalue weighted by molar-refractivity contribution is 7.86. The maximum atomic E-state index is 12.3. The maximum absolute atomic E-state index is 12.3. The molecular formula is C46H94O17S3. The molecule has 66 heavy (non-hydrogen) atoms. The van der Waals surface area contributed by atoms with Crippen LogP contribution in [0, 0.1) is 16.2 Å². The van der Waals surface area contributed by atoms with E-state index >= 15 is 0 Å². The molecule has 0 aliphatic rings. The van der Waals surface area contributed by atoms with Crippen LogP contribution >= 0.6 is 0 Å². The second kappa shape index (κ2) is 39.1. The summed E-state index contributed by atoms with van der Waals surface area (Å²) in [5.74, 6) is -1.54. The number of hydrogen-bond donors (Lipinski definition) is 3. The third kappa shape index (κ3) is 38.2. The van der Waals surface area contributed by atoms with Crippen LogP contribution in [0.5, 0.6) is 0 Å². The van der Waals surface area contributed by atoms with Crippen molar-refractivity contribution in [1.82, 2.24) is 0 Å². The number of methoxy groups -OCH3 is 3. The monoisotopic (exact) mass is 1010 g/mol. The summed E-state index contributed by atoms with van der Waals surface area (Å²) < 4.78 is 147. The molecule has 398 valence electrons. The summed E-state index contributed by atoms with van der Waals surface area (Å²) in [4.78, 5) is 0. The first-order valence-electron chi connectivity index (χ1n) is 24.6. The summed E-state index contributed by atoms with van der Waals surface area (Å²) >= 11 is 0.